The number of hydrogen-bond acceptors (Lipinski definition) is 2. The highest BCUT2D eigenvalue weighted by Gasteiger charge is 2.05. The van der Waals surface area contributed by atoms with Gasteiger partial charge in [0.1, 0.15) is 0 Å². The minimum Gasteiger partial charge on any atom is -0.289 e. The molecule has 2 heteroatoms. The lowest BCUT2D eigenvalue weighted by Crippen LogP contribution is -1.99. The summed E-state index contributed by atoms with van der Waals surface area (Å²) in [5, 5.41) is 0. The zero-order valence-corrected chi connectivity index (χ0v) is 9.44. The van der Waals surface area contributed by atoms with Crippen molar-refractivity contribution in [1.82, 2.24) is 0 Å². The first-order valence-electron chi connectivity index (χ1n) is 5.13. The van der Waals surface area contributed by atoms with E-state index in [0.29, 0.717) is 11.1 Å². The Bertz CT molecular complexity index is 414. The maximum absolute atomic E-state index is 11.6. The van der Waals surface area contributed by atoms with Gasteiger partial charge in [-0.15, -0.1) is 0 Å². The van der Waals surface area contributed by atoms with Gasteiger partial charge < -0.3 is 0 Å². The standard InChI is InChI=1S/C14H14O2/c1-3-6-13(15)11-8-5-9-12(10-11)14(16)7-4-2/h3-10H,1-2H3. The van der Waals surface area contributed by atoms with Crippen molar-refractivity contribution in [1.29, 1.82) is 0 Å². The molecular formula is C14H14O2. The van der Waals surface area contributed by atoms with Gasteiger partial charge in [-0.3, -0.25) is 9.59 Å². The molecule has 16 heavy (non-hydrogen) atoms. The molecule has 2 nitrogen and oxygen atoms in total. The van der Waals surface area contributed by atoms with Crippen LogP contribution in [0, 0.1) is 0 Å². The van der Waals surface area contributed by atoms with E-state index in [1.54, 1.807) is 50.3 Å². The van der Waals surface area contributed by atoms with Crippen LogP contribution in [0.5, 0.6) is 0 Å². The lowest BCUT2D eigenvalue weighted by Gasteiger charge is -1.99. The highest BCUT2D eigenvalue weighted by molar-refractivity contribution is 6.09. The Morgan fingerprint density at radius 1 is 0.938 bits per heavy atom. The fourth-order valence-electron chi connectivity index (χ4n) is 1.32. The zero-order chi connectivity index (χ0) is 12.0. The molecule has 0 atom stereocenters. The SMILES string of the molecule is CC=CC(=O)c1cccc(C(=O)C=CC)c1. The van der Waals surface area contributed by atoms with Crippen LogP contribution < -0.4 is 0 Å². The number of carbonyl (C=O) groups is 2. The lowest BCUT2D eigenvalue weighted by atomic mass is 10.0. The summed E-state index contributed by atoms with van der Waals surface area (Å²) < 4.78 is 0. The van der Waals surface area contributed by atoms with Crippen molar-refractivity contribution < 1.29 is 9.59 Å². The van der Waals surface area contributed by atoms with Gasteiger partial charge >= 0.3 is 0 Å². The number of allylic oxidation sites excluding steroid dienone is 4. The van der Waals surface area contributed by atoms with Crippen LogP contribution in [0.4, 0.5) is 0 Å². The van der Waals surface area contributed by atoms with Crippen molar-refractivity contribution in [3.05, 3.63) is 59.7 Å². The summed E-state index contributed by atoms with van der Waals surface area (Å²) in [5.41, 5.74) is 1.07. The number of ketones is 2. The summed E-state index contributed by atoms with van der Waals surface area (Å²) >= 11 is 0. The number of benzene rings is 1. The average molecular weight is 214 g/mol. The molecule has 0 amide bonds. The van der Waals surface area contributed by atoms with Crippen molar-refractivity contribution in [2.75, 3.05) is 0 Å². The topological polar surface area (TPSA) is 34.1 Å². The van der Waals surface area contributed by atoms with Crippen LogP contribution in [0.3, 0.4) is 0 Å². The molecule has 0 saturated carbocycles. The van der Waals surface area contributed by atoms with Gasteiger partial charge in [0.15, 0.2) is 11.6 Å². The fourth-order valence-corrected chi connectivity index (χ4v) is 1.32. The van der Waals surface area contributed by atoms with Gasteiger partial charge in [0.2, 0.25) is 0 Å². The molecule has 0 aromatic heterocycles. The van der Waals surface area contributed by atoms with Crippen LogP contribution in [0.2, 0.25) is 0 Å². The molecular weight excluding hydrogens is 200 g/mol. The van der Waals surface area contributed by atoms with Gasteiger partial charge in [-0.25, -0.2) is 0 Å². The van der Waals surface area contributed by atoms with E-state index in [1.807, 2.05) is 0 Å². The van der Waals surface area contributed by atoms with Crippen molar-refractivity contribution >= 4 is 11.6 Å². The minimum atomic E-state index is -0.0855. The van der Waals surface area contributed by atoms with E-state index in [4.69, 9.17) is 0 Å². The normalized spacial score (nSPS) is 11.1. The number of carbonyl (C=O) groups excluding carboxylic acids is 2. The van der Waals surface area contributed by atoms with Gasteiger partial charge in [0.05, 0.1) is 0 Å². The maximum Gasteiger partial charge on any atom is 0.185 e. The highest BCUT2D eigenvalue weighted by atomic mass is 16.1. The van der Waals surface area contributed by atoms with Crippen LogP contribution in [-0.4, -0.2) is 11.6 Å². The molecule has 1 rings (SSSR count). The van der Waals surface area contributed by atoms with Crippen LogP contribution in [0.1, 0.15) is 34.6 Å². The van der Waals surface area contributed by atoms with Crippen molar-refractivity contribution in [3.8, 4) is 0 Å². The quantitative estimate of drug-likeness (QED) is 0.569. The summed E-state index contributed by atoms with van der Waals surface area (Å²) in [6.45, 7) is 3.57. The van der Waals surface area contributed by atoms with Crippen molar-refractivity contribution in [2.45, 2.75) is 13.8 Å². The molecule has 0 aliphatic heterocycles. The third-order valence-corrected chi connectivity index (χ3v) is 2.07. The van der Waals surface area contributed by atoms with Crippen LogP contribution in [-0.2, 0) is 0 Å². The summed E-state index contributed by atoms with van der Waals surface area (Å²) in [6.07, 6.45) is 6.34. The lowest BCUT2D eigenvalue weighted by molar-refractivity contribution is 0.104. The third-order valence-electron chi connectivity index (χ3n) is 2.07. The maximum atomic E-state index is 11.6. The molecule has 0 heterocycles. The second-order valence-corrected chi connectivity index (χ2v) is 3.31. The molecule has 0 N–H and O–H groups in total. The van der Waals surface area contributed by atoms with Gasteiger partial charge in [-0.05, 0) is 32.1 Å². The van der Waals surface area contributed by atoms with E-state index < -0.39 is 0 Å². The first kappa shape index (κ1) is 12.1. The summed E-state index contributed by atoms with van der Waals surface area (Å²) in [7, 11) is 0. The Morgan fingerprint density at radius 2 is 1.38 bits per heavy atom. The molecule has 82 valence electrons. The number of hydrogen-bond donors (Lipinski definition) is 0. The molecule has 1 aromatic rings. The zero-order valence-electron chi connectivity index (χ0n) is 9.44. The third kappa shape index (κ3) is 3.02. The largest absolute Gasteiger partial charge is 0.289 e. The first-order chi connectivity index (χ1) is 7.69. The van der Waals surface area contributed by atoms with E-state index in [0.717, 1.165) is 0 Å². The van der Waals surface area contributed by atoms with Gasteiger partial charge in [0.25, 0.3) is 0 Å². The van der Waals surface area contributed by atoms with Crippen LogP contribution in [0.25, 0.3) is 0 Å². The van der Waals surface area contributed by atoms with E-state index in [-0.39, 0.29) is 11.6 Å². The van der Waals surface area contributed by atoms with Crippen LogP contribution in [0.15, 0.2) is 48.6 Å². The van der Waals surface area contributed by atoms with Gasteiger partial charge in [0, 0.05) is 11.1 Å². The summed E-state index contributed by atoms with van der Waals surface area (Å²) in [4.78, 5) is 23.1. The molecule has 0 bridgehead atoms. The second kappa shape index (κ2) is 5.81. The van der Waals surface area contributed by atoms with Gasteiger partial charge in [-0.2, -0.15) is 0 Å². The Morgan fingerprint density at radius 3 is 1.75 bits per heavy atom. The smallest absolute Gasteiger partial charge is 0.185 e. The van der Waals surface area contributed by atoms with Crippen molar-refractivity contribution in [2.24, 2.45) is 0 Å². The van der Waals surface area contributed by atoms with Crippen LogP contribution >= 0.6 is 0 Å². The highest BCUT2D eigenvalue weighted by Crippen LogP contribution is 2.08. The predicted molar refractivity (Wildman–Crippen MR) is 64.7 cm³/mol. The molecule has 0 aliphatic carbocycles. The molecule has 0 spiro atoms. The monoisotopic (exact) mass is 214 g/mol. The molecule has 0 fully saturated rings. The summed E-state index contributed by atoms with van der Waals surface area (Å²) in [5.74, 6) is -0.171. The average Bonchev–Trinajstić information content (AvgIpc) is 2.30. The van der Waals surface area contributed by atoms with E-state index in [1.165, 1.54) is 12.2 Å². The minimum absolute atomic E-state index is 0.0855. The predicted octanol–water partition coefficient (Wildman–Crippen LogP) is 3.20. The van der Waals surface area contributed by atoms with Crippen molar-refractivity contribution in [3.63, 3.8) is 0 Å². The molecule has 0 aliphatic rings. The summed E-state index contributed by atoms with van der Waals surface area (Å²) in [6, 6.07) is 6.74. The number of rotatable bonds is 4. The molecule has 0 unspecified atom stereocenters. The Labute approximate surface area is 95.3 Å². The van der Waals surface area contributed by atoms with E-state index in [2.05, 4.69) is 0 Å². The molecule has 0 radical (unpaired) electrons. The van der Waals surface area contributed by atoms with Gasteiger partial charge in [-0.1, -0.05) is 30.4 Å². The Balaban J connectivity index is 3.04. The Hall–Kier alpha value is -1.96. The van der Waals surface area contributed by atoms with E-state index >= 15 is 0 Å². The molecule has 0 saturated heterocycles. The Kier molecular flexibility index (Phi) is 4.40. The fraction of sp³-hybridized carbons (Fsp3) is 0.143. The molecule has 1 aromatic carbocycles. The van der Waals surface area contributed by atoms with E-state index in [9.17, 15) is 9.59 Å². The first-order valence-corrected chi connectivity index (χ1v) is 5.13. The second-order valence-electron chi connectivity index (χ2n) is 3.31.